The Labute approximate surface area is 170 Å². The number of nitrogens with one attached hydrogen (secondary N) is 1. The van der Waals surface area contributed by atoms with Crippen LogP contribution in [0.25, 0.3) is 0 Å². The number of anilines is 1. The molecule has 0 fully saturated rings. The Kier molecular flexibility index (Phi) is 6.12. The zero-order valence-corrected chi connectivity index (χ0v) is 17.1. The third kappa shape index (κ3) is 4.90. The van der Waals surface area contributed by atoms with Crippen LogP contribution in [0, 0.1) is 6.92 Å². The highest BCUT2D eigenvalue weighted by Gasteiger charge is 2.14. The summed E-state index contributed by atoms with van der Waals surface area (Å²) in [6.45, 7) is 6.10. The van der Waals surface area contributed by atoms with Gasteiger partial charge in [-0.2, -0.15) is 0 Å². The topological polar surface area (TPSA) is 73.2 Å². The molecule has 0 aliphatic heterocycles. The molecule has 0 unspecified atom stereocenters. The van der Waals surface area contributed by atoms with Crippen molar-refractivity contribution in [2.24, 2.45) is 7.05 Å². The van der Waals surface area contributed by atoms with E-state index in [0.29, 0.717) is 28.7 Å². The van der Waals surface area contributed by atoms with Crippen LogP contribution in [0.3, 0.4) is 0 Å². The number of imidazole rings is 1. The lowest BCUT2D eigenvalue weighted by molar-refractivity contribution is -0.118. The minimum atomic E-state index is -0.262. The number of ether oxygens (including phenoxy) is 1. The Morgan fingerprint density at radius 2 is 1.86 bits per heavy atom. The number of aryl methyl sites for hydroxylation is 2. The molecule has 29 heavy (non-hydrogen) atoms. The summed E-state index contributed by atoms with van der Waals surface area (Å²) in [4.78, 5) is 28.8. The maximum absolute atomic E-state index is 12.4. The molecular weight excluding hydrogens is 366 g/mol. The SMILES string of the molecule is Cc1ccc(C(C)C)cc1OCC(=O)Nc1ccc(C(=O)c2nccn2C)cc1. The van der Waals surface area contributed by atoms with Crippen molar-refractivity contribution in [3.8, 4) is 5.75 Å². The Morgan fingerprint density at radius 3 is 2.48 bits per heavy atom. The summed E-state index contributed by atoms with van der Waals surface area (Å²) < 4.78 is 7.38. The highest BCUT2D eigenvalue weighted by molar-refractivity contribution is 6.07. The lowest BCUT2D eigenvalue weighted by Crippen LogP contribution is -2.20. The maximum Gasteiger partial charge on any atom is 0.262 e. The molecule has 2 aromatic carbocycles. The van der Waals surface area contributed by atoms with E-state index >= 15 is 0 Å². The molecule has 6 nitrogen and oxygen atoms in total. The molecule has 0 bridgehead atoms. The van der Waals surface area contributed by atoms with E-state index in [-0.39, 0.29) is 18.3 Å². The van der Waals surface area contributed by atoms with Gasteiger partial charge < -0.3 is 14.6 Å². The van der Waals surface area contributed by atoms with Gasteiger partial charge in [0, 0.05) is 30.7 Å². The van der Waals surface area contributed by atoms with Crippen LogP contribution in [-0.2, 0) is 11.8 Å². The van der Waals surface area contributed by atoms with Crippen LogP contribution in [0.1, 0.15) is 47.1 Å². The first-order valence-electron chi connectivity index (χ1n) is 9.50. The number of hydrogen-bond donors (Lipinski definition) is 1. The highest BCUT2D eigenvalue weighted by atomic mass is 16.5. The first-order valence-corrected chi connectivity index (χ1v) is 9.50. The number of hydrogen-bond acceptors (Lipinski definition) is 4. The molecule has 150 valence electrons. The van der Waals surface area contributed by atoms with Crippen molar-refractivity contribution in [1.82, 2.24) is 9.55 Å². The fourth-order valence-electron chi connectivity index (χ4n) is 2.89. The van der Waals surface area contributed by atoms with E-state index in [1.165, 1.54) is 5.56 Å². The molecule has 0 saturated heterocycles. The van der Waals surface area contributed by atoms with Crippen molar-refractivity contribution < 1.29 is 14.3 Å². The van der Waals surface area contributed by atoms with Crippen LogP contribution in [0.2, 0.25) is 0 Å². The third-order valence-corrected chi connectivity index (χ3v) is 4.69. The molecule has 1 N–H and O–H groups in total. The molecule has 0 spiro atoms. The van der Waals surface area contributed by atoms with Crippen LogP contribution in [0.15, 0.2) is 54.9 Å². The van der Waals surface area contributed by atoms with Crippen LogP contribution in [0.4, 0.5) is 5.69 Å². The number of amides is 1. The van der Waals surface area contributed by atoms with Gasteiger partial charge in [-0.25, -0.2) is 4.98 Å². The lowest BCUT2D eigenvalue weighted by Gasteiger charge is -2.13. The van der Waals surface area contributed by atoms with E-state index in [0.717, 1.165) is 5.56 Å². The standard InChI is InChI=1S/C23H25N3O3/c1-15(2)18-6-5-16(3)20(13-18)29-14-21(27)25-19-9-7-17(8-10-19)22(28)23-24-11-12-26(23)4/h5-13,15H,14H2,1-4H3,(H,25,27). The lowest BCUT2D eigenvalue weighted by atomic mass is 10.0. The quantitative estimate of drug-likeness (QED) is 0.616. The second kappa shape index (κ2) is 8.73. The van der Waals surface area contributed by atoms with E-state index < -0.39 is 0 Å². The van der Waals surface area contributed by atoms with Crippen molar-refractivity contribution in [1.29, 1.82) is 0 Å². The molecule has 0 aliphatic rings. The summed E-state index contributed by atoms with van der Waals surface area (Å²) >= 11 is 0. The van der Waals surface area contributed by atoms with E-state index in [1.807, 2.05) is 19.1 Å². The number of benzene rings is 2. The monoisotopic (exact) mass is 391 g/mol. The number of rotatable bonds is 7. The fourth-order valence-corrected chi connectivity index (χ4v) is 2.89. The third-order valence-electron chi connectivity index (χ3n) is 4.69. The smallest absolute Gasteiger partial charge is 0.262 e. The van der Waals surface area contributed by atoms with Gasteiger partial charge in [0.1, 0.15) is 5.75 Å². The van der Waals surface area contributed by atoms with Gasteiger partial charge in [0.2, 0.25) is 5.78 Å². The Hall–Kier alpha value is -3.41. The molecule has 6 heteroatoms. The zero-order valence-electron chi connectivity index (χ0n) is 17.1. The number of carbonyl (C=O) groups excluding carboxylic acids is 2. The second-order valence-corrected chi connectivity index (χ2v) is 7.28. The van der Waals surface area contributed by atoms with Gasteiger partial charge >= 0.3 is 0 Å². The van der Waals surface area contributed by atoms with Crippen LogP contribution in [-0.4, -0.2) is 27.8 Å². The first-order chi connectivity index (χ1) is 13.8. The van der Waals surface area contributed by atoms with Gasteiger partial charge in [-0.05, 0) is 54.3 Å². The van der Waals surface area contributed by atoms with Gasteiger partial charge in [0.15, 0.2) is 12.4 Å². The van der Waals surface area contributed by atoms with Gasteiger partial charge in [-0.15, -0.1) is 0 Å². The molecule has 1 amide bonds. The van der Waals surface area contributed by atoms with Gasteiger partial charge in [0.05, 0.1) is 0 Å². The van der Waals surface area contributed by atoms with Crippen molar-refractivity contribution in [3.63, 3.8) is 0 Å². The Balaban J connectivity index is 1.59. The average Bonchev–Trinajstić information content (AvgIpc) is 3.13. The molecule has 3 rings (SSSR count). The summed E-state index contributed by atoms with van der Waals surface area (Å²) in [5.41, 5.74) is 3.26. The molecular formula is C23H25N3O3. The summed E-state index contributed by atoms with van der Waals surface area (Å²) in [5.74, 6) is 1.04. The first kappa shape index (κ1) is 20.3. The summed E-state index contributed by atoms with van der Waals surface area (Å²) in [7, 11) is 1.77. The largest absolute Gasteiger partial charge is 0.483 e. The van der Waals surface area contributed by atoms with E-state index in [9.17, 15) is 9.59 Å². The van der Waals surface area contributed by atoms with Gasteiger partial charge in [-0.3, -0.25) is 9.59 Å². The van der Waals surface area contributed by atoms with E-state index in [2.05, 4.69) is 30.2 Å². The Bertz CT molecular complexity index is 1020. The van der Waals surface area contributed by atoms with Gasteiger partial charge in [0.25, 0.3) is 5.91 Å². The Morgan fingerprint density at radius 1 is 1.14 bits per heavy atom. The minimum absolute atomic E-state index is 0.0870. The average molecular weight is 391 g/mol. The summed E-state index contributed by atoms with van der Waals surface area (Å²) in [5, 5.41) is 2.79. The summed E-state index contributed by atoms with van der Waals surface area (Å²) in [6.07, 6.45) is 3.31. The molecule has 0 aliphatic carbocycles. The van der Waals surface area contributed by atoms with Crippen molar-refractivity contribution in [3.05, 3.63) is 77.4 Å². The number of nitrogens with zero attached hydrogens (tertiary/aromatic N) is 2. The van der Waals surface area contributed by atoms with E-state index in [4.69, 9.17) is 4.74 Å². The van der Waals surface area contributed by atoms with Crippen molar-refractivity contribution in [2.45, 2.75) is 26.7 Å². The highest BCUT2D eigenvalue weighted by Crippen LogP contribution is 2.24. The normalized spacial score (nSPS) is 10.8. The second-order valence-electron chi connectivity index (χ2n) is 7.28. The predicted molar refractivity (Wildman–Crippen MR) is 112 cm³/mol. The number of carbonyl (C=O) groups is 2. The molecule has 3 aromatic rings. The predicted octanol–water partition coefficient (Wildman–Crippen LogP) is 4.10. The van der Waals surface area contributed by atoms with Gasteiger partial charge in [-0.1, -0.05) is 26.0 Å². The molecule has 0 atom stereocenters. The zero-order chi connectivity index (χ0) is 21.0. The summed E-state index contributed by atoms with van der Waals surface area (Å²) in [6, 6.07) is 12.8. The van der Waals surface area contributed by atoms with E-state index in [1.54, 1.807) is 48.3 Å². The maximum atomic E-state index is 12.4. The van der Waals surface area contributed by atoms with Crippen LogP contribution < -0.4 is 10.1 Å². The number of ketones is 1. The van der Waals surface area contributed by atoms with Crippen molar-refractivity contribution in [2.75, 3.05) is 11.9 Å². The van der Waals surface area contributed by atoms with Crippen LogP contribution in [0.5, 0.6) is 5.75 Å². The van der Waals surface area contributed by atoms with Crippen molar-refractivity contribution >= 4 is 17.4 Å². The molecule has 0 radical (unpaired) electrons. The molecule has 1 aromatic heterocycles. The van der Waals surface area contributed by atoms with Crippen LogP contribution >= 0.6 is 0 Å². The fraction of sp³-hybridized carbons (Fsp3) is 0.261. The molecule has 1 heterocycles. The number of aromatic nitrogens is 2. The molecule has 0 saturated carbocycles. The minimum Gasteiger partial charge on any atom is -0.483 e.